The number of nitrogens with zero attached hydrogens (tertiary/aromatic N) is 3. The van der Waals surface area contributed by atoms with Gasteiger partial charge < -0.3 is 10.3 Å². The Bertz CT molecular complexity index is 886. The number of carbonyl (C=O) groups excluding carboxylic acids is 1. The van der Waals surface area contributed by atoms with Gasteiger partial charge in [0.1, 0.15) is 17.8 Å². The topological polar surface area (TPSA) is 130 Å². The third kappa shape index (κ3) is 3.11. The molecule has 3 rings (SSSR count). The largest absolute Gasteiger partial charge is 0.343 e. The van der Waals surface area contributed by atoms with Crippen LogP contribution in [-0.2, 0) is 6.54 Å². The van der Waals surface area contributed by atoms with Crippen molar-refractivity contribution >= 4 is 11.6 Å². The fraction of sp³-hybridized carbons (Fsp3) is 0.0714. The van der Waals surface area contributed by atoms with E-state index in [1.54, 1.807) is 18.3 Å². The number of carbonyl (C=O) groups is 1. The van der Waals surface area contributed by atoms with E-state index >= 15 is 0 Å². The molecule has 0 aliphatic rings. The number of halogens is 1. The van der Waals surface area contributed by atoms with Crippen molar-refractivity contribution in [1.29, 1.82) is 0 Å². The van der Waals surface area contributed by atoms with Crippen LogP contribution in [0.2, 0.25) is 0 Å². The van der Waals surface area contributed by atoms with Crippen molar-refractivity contribution in [2.45, 2.75) is 6.54 Å². The maximum Gasteiger partial charge on any atom is 0.319 e. The maximum atomic E-state index is 12.9. The Balaban J connectivity index is 1.67. The van der Waals surface area contributed by atoms with Crippen molar-refractivity contribution in [3.8, 4) is 11.3 Å². The number of amides is 1. The number of nitro groups is 1. The lowest BCUT2D eigenvalue weighted by molar-refractivity contribution is -0.385. The maximum absolute atomic E-state index is 12.9. The van der Waals surface area contributed by atoms with E-state index in [-0.39, 0.29) is 18.1 Å². The molecule has 0 atom stereocenters. The molecule has 24 heavy (non-hydrogen) atoms. The molecule has 2 heterocycles. The quantitative estimate of drug-likeness (QED) is 0.485. The van der Waals surface area contributed by atoms with Gasteiger partial charge in [-0.05, 0) is 29.8 Å². The number of aromatic amines is 2. The van der Waals surface area contributed by atoms with Crippen molar-refractivity contribution in [3.05, 3.63) is 64.1 Å². The van der Waals surface area contributed by atoms with Gasteiger partial charge in [-0.25, -0.2) is 9.37 Å². The van der Waals surface area contributed by atoms with Gasteiger partial charge >= 0.3 is 5.69 Å². The summed E-state index contributed by atoms with van der Waals surface area (Å²) < 4.78 is 12.9. The van der Waals surface area contributed by atoms with Crippen molar-refractivity contribution in [2.24, 2.45) is 0 Å². The van der Waals surface area contributed by atoms with Gasteiger partial charge in [0.25, 0.3) is 5.91 Å². The fourth-order valence-corrected chi connectivity index (χ4v) is 2.07. The highest BCUT2D eigenvalue weighted by Gasteiger charge is 2.22. The number of H-pyrrole nitrogens is 2. The molecule has 0 saturated heterocycles. The summed E-state index contributed by atoms with van der Waals surface area (Å²) in [6.45, 7) is 0.0379. The van der Waals surface area contributed by atoms with E-state index in [1.807, 2.05) is 0 Å². The Morgan fingerprint density at radius 1 is 1.29 bits per heavy atom. The minimum atomic E-state index is -0.696. The molecule has 0 saturated carbocycles. The summed E-state index contributed by atoms with van der Waals surface area (Å²) in [4.78, 5) is 29.1. The average Bonchev–Trinajstić information content (AvgIpc) is 3.22. The fourth-order valence-electron chi connectivity index (χ4n) is 2.07. The minimum absolute atomic E-state index is 0.0379. The molecule has 0 fully saturated rings. The van der Waals surface area contributed by atoms with Crippen LogP contribution < -0.4 is 5.32 Å². The van der Waals surface area contributed by atoms with Gasteiger partial charge in [-0.1, -0.05) is 0 Å². The molecule has 3 aromatic rings. The molecule has 2 aromatic heterocycles. The number of hydrogen-bond donors (Lipinski definition) is 3. The van der Waals surface area contributed by atoms with E-state index < -0.39 is 16.5 Å². The monoisotopic (exact) mass is 330 g/mol. The van der Waals surface area contributed by atoms with Gasteiger partial charge in [-0.15, -0.1) is 0 Å². The SMILES string of the molecule is O=C(NCc1ncc(-c2ccc(F)cc2)[nH]1)c1[nH]ncc1[N+](=O)[O-]. The molecule has 122 valence electrons. The van der Waals surface area contributed by atoms with Crippen LogP contribution in [0.4, 0.5) is 10.1 Å². The second-order valence-electron chi connectivity index (χ2n) is 4.82. The Hall–Kier alpha value is -3.56. The molecule has 3 N–H and O–H groups in total. The van der Waals surface area contributed by atoms with Gasteiger partial charge in [0.15, 0.2) is 0 Å². The van der Waals surface area contributed by atoms with Crippen LogP contribution in [0.1, 0.15) is 16.3 Å². The number of aromatic nitrogens is 4. The van der Waals surface area contributed by atoms with Crippen LogP contribution in [0.5, 0.6) is 0 Å². The number of hydrogen-bond acceptors (Lipinski definition) is 5. The molecular weight excluding hydrogens is 319 g/mol. The first-order chi connectivity index (χ1) is 11.5. The third-order valence-corrected chi connectivity index (χ3v) is 3.24. The summed E-state index contributed by atoms with van der Waals surface area (Å²) in [6.07, 6.45) is 2.52. The van der Waals surface area contributed by atoms with Crippen LogP contribution in [-0.4, -0.2) is 31.0 Å². The summed E-state index contributed by atoms with van der Waals surface area (Å²) in [5, 5.41) is 19.0. The third-order valence-electron chi connectivity index (χ3n) is 3.24. The summed E-state index contributed by atoms with van der Waals surface area (Å²) in [7, 11) is 0. The van der Waals surface area contributed by atoms with Crippen molar-refractivity contribution < 1.29 is 14.1 Å². The summed E-state index contributed by atoms with van der Waals surface area (Å²) >= 11 is 0. The van der Waals surface area contributed by atoms with Gasteiger partial charge in [0.2, 0.25) is 5.69 Å². The zero-order valence-corrected chi connectivity index (χ0v) is 12.1. The van der Waals surface area contributed by atoms with E-state index in [4.69, 9.17) is 0 Å². The predicted octanol–water partition coefficient (Wildman–Crippen LogP) is 1.78. The molecule has 10 heteroatoms. The summed E-state index contributed by atoms with van der Waals surface area (Å²) in [5.41, 5.74) is 0.765. The van der Waals surface area contributed by atoms with E-state index in [9.17, 15) is 19.3 Å². The lowest BCUT2D eigenvalue weighted by Crippen LogP contribution is -2.24. The number of imidazole rings is 1. The van der Waals surface area contributed by atoms with Gasteiger partial charge in [0, 0.05) is 0 Å². The van der Waals surface area contributed by atoms with Crippen LogP contribution in [0, 0.1) is 15.9 Å². The molecule has 1 amide bonds. The van der Waals surface area contributed by atoms with E-state index in [2.05, 4.69) is 25.5 Å². The van der Waals surface area contributed by atoms with E-state index in [1.165, 1.54) is 12.1 Å². The lowest BCUT2D eigenvalue weighted by Gasteiger charge is -2.01. The number of benzene rings is 1. The molecule has 9 nitrogen and oxygen atoms in total. The normalized spacial score (nSPS) is 10.5. The highest BCUT2D eigenvalue weighted by atomic mass is 19.1. The molecule has 0 aliphatic carbocycles. The summed E-state index contributed by atoms with van der Waals surface area (Å²) in [6, 6.07) is 5.85. The smallest absolute Gasteiger partial charge is 0.319 e. The highest BCUT2D eigenvalue weighted by Crippen LogP contribution is 2.17. The van der Waals surface area contributed by atoms with Crippen LogP contribution in [0.3, 0.4) is 0 Å². The Morgan fingerprint density at radius 3 is 2.75 bits per heavy atom. The first-order valence-corrected chi connectivity index (χ1v) is 6.80. The first kappa shape index (κ1) is 15.3. The number of nitrogens with one attached hydrogen (secondary N) is 3. The lowest BCUT2D eigenvalue weighted by atomic mass is 10.2. The molecule has 0 radical (unpaired) electrons. The van der Waals surface area contributed by atoms with E-state index in [0.717, 1.165) is 11.8 Å². The number of rotatable bonds is 5. The second-order valence-corrected chi connectivity index (χ2v) is 4.82. The van der Waals surface area contributed by atoms with Gasteiger partial charge in [0.05, 0.1) is 23.4 Å². The highest BCUT2D eigenvalue weighted by molar-refractivity contribution is 5.95. The molecule has 0 unspecified atom stereocenters. The Labute approximate surface area is 134 Å². The molecule has 0 bridgehead atoms. The zero-order valence-electron chi connectivity index (χ0n) is 12.1. The average molecular weight is 330 g/mol. The van der Waals surface area contributed by atoms with Crippen LogP contribution in [0.25, 0.3) is 11.3 Å². The Kier molecular flexibility index (Phi) is 4.01. The van der Waals surface area contributed by atoms with Crippen LogP contribution in [0.15, 0.2) is 36.7 Å². The second kappa shape index (κ2) is 6.28. The summed E-state index contributed by atoms with van der Waals surface area (Å²) in [5.74, 6) is -0.560. The molecule has 1 aromatic carbocycles. The standard InChI is InChI=1S/C14H11FN6O3/c15-9-3-1-8(2-4-9)10-5-16-12(19-10)7-17-14(22)13-11(21(23)24)6-18-20-13/h1-6H,7H2,(H,16,19)(H,17,22)(H,18,20). The minimum Gasteiger partial charge on any atom is -0.343 e. The molecular formula is C14H11FN6O3. The Morgan fingerprint density at radius 2 is 2.04 bits per heavy atom. The molecule has 0 spiro atoms. The van der Waals surface area contributed by atoms with Crippen molar-refractivity contribution in [1.82, 2.24) is 25.5 Å². The zero-order chi connectivity index (χ0) is 17.1. The predicted molar refractivity (Wildman–Crippen MR) is 80.4 cm³/mol. The first-order valence-electron chi connectivity index (χ1n) is 6.80. The van der Waals surface area contributed by atoms with Crippen molar-refractivity contribution in [2.75, 3.05) is 0 Å². The van der Waals surface area contributed by atoms with Gasteiger partial charge in [-0.3, -0.25) is 20.0 Å². The van der Waals surface area contributed by atoms with Crippen molar-refractivity contribution in [3.63, 3.8) is 0 Å². The van der Waals surface area contributed by atoms with E-state index in [0.29, 0.717) is 11.5 Å². The molecule has 0 aliphatic heterocycles. The van der Waals surface area contributed by atoms with Crippen LogP contribution >= 0.6 is 0 Å². The van der Waals surface area contributed by atoms with Gasteiger partial charge in [-0.2, -0.15) is 5.10 Å².